The number of aromatic nitrogens is 6. The largest absolute Gasteiger partial charge is 0.472 e. The second-order valence-corrected chi connectivity index (χ2v) is 6.56. The Morgan fingerprint density at radius 2 is 1.90 bits per heavy atom. The van der Waals surface area contributed by atoms with E-state index in [4.69, 9.17) is 4.74 Å². The number of nitrogens with zero attached hydrogens (tertiary/aromatic N) is 6. The van der Waals surface area contributed by atoms with Gasteiger partial charge in [0.05, 0.1) is 11.4 Å². The molecule has 0 aliphatic heterocycles. The second kappa shape index (κ2) is 8.27. The highest BCUT2D eigenvalue weighted by Gasteiger charge is 2.10. The lowest BCUT2D eigenvalue weighted by molar-refractivity contribution is 0.151. The van der Waals surface area contributed by atoms with E-state index in [2.05, 4.69) is 35.1 Å². The molecule has 0 amide bonds. The molecule has 0 bridgehead atoms. The smallest absolute Gasteiger partial charge is 0.265 e. The van der Waals surface area contributed by atoms with Gasteiger partial charge in [0.2, 0.25) is 11.5 Å². The van der Waals surface area contributed by atoms with Crippen LogP contribution in [0.5, 0.6) is 5.88 Å². The Morgan fingerprint density at radius 1 is 1.03 bits per heavy atom. The van der Waals surface area contributed by atoms with Gasteiger partial charge in [0.15, 0.2) is 5.52 Å². The van der Waals surface area contributed by atoms with E-state index in [0.29, 0.717) is 28.4 Å². The number of halogens is 2. The van der Waals surface area contributed by atoms with Crippen molar-refractivity contribution in [3.8, 4) is 17.1 Å². The van der Waals surface area contributed by atoms with Gasteiger partial charge in [0, 0.05) is 29.6 Å². The van der Waals surface area contributed by atoms with Crippen LogP contribution in [0.15, 0.2) is 52.9 Å². The Morgan fingerprint density at radius 3 is 2.60 bits per heavy atom. The van der Waals surface area contributed by atoms with Crippen molar-refractivity contribution in [2.75, 3.05) is 6.61 Å². The first kappa shape index (κ1) is 19.5. The van der Waals surface area contributed by atoms with Crippen molar-refractivity contribution in [2.24, 2.45) is 0 Å². The summed E-state index contributed by atoms with van der Waals surface area (Å²) in [4.78, 5) is 8.24. The molecule has 0 radical (unpaired) electrons. The number of allylic oxidation sites excluding steroid dienone is 1. The van der Waals surface area contributed by atoms with Gasteiger partial charge in [-0.05, 0) is 59.6 Å². The Labute approximate surface area is 169 Å². The van der Waals surface area contributed by atoms with Crippen molar-refractivity contribution in [2.45, 2.75) is 20.3 Å². The standard InChI is InChI=1S/C20H16F2N6O2/c1-11(12(2)15-4-3-13(8-23-15)19(21)22)10-29-18-6-5-16(25-26-18)14-7-17-20(24-9-14)28-30-27-17/h3-9,19H,10H2,1-2H3/b12-11-. The summed E-state index contributed by atoms with van der Waals surface area (Å²) in [6.45, 7) is 4.00. The fourth-order valence-electron chi connectivity index (χ4n) is 2.64. The molecule has 0 aromatic carbocycles. The van der Waals surface area contributed by atoms with Gasteiger partial charge in [-0.1, -0.05) is 0 Å². The van der Waals surface area contributed by atoms with Crippen LogP contribution in [0, 0.1) is 0 Å². The zero-order valence-electron chi connectivity index (χ0n) is 16.1. The highest BCUT2D eigenvalue weighted by molar-refractivity contribution is 5.75. The number of hydrogen-bond donors (Lipinski definition) is 0. The Bertz CT molecular complexity index is 1190. The molecule has 0 saturated carbocycles. The number of fused-ring (bicyclic) bond motifs is 1. The monoisotopic (exact) mass is 410 g/mol. The van der Waals surface area contributed by atoms with Crippen molar-refractivity contribution in [1.29, 1.82) is 0 Å². The van der Waals surface area contributed by atoms with Crippen molar-refractivity contribution >= 4 is 16.7 Å². The molecule has 0 unspecified atom stereocenters. The van der Waals surface area contributed by atoms with E-state index < -0.39 is 6.43 Å². The summed E-state index contributed by atoms with van der Waals surface area (Å²) >= 11 is 0. The quantitative estimate of drug-likeness (QED) is 0.464. The van der Waals surface area contributed by atoms with Gasteiger partial charge < -0.3 is 4.74 Å². The Kier molecular flexibility index (Phi) is 5.38. The van der Waals surface area contributed by atoms with Crippen molar-refractivity contribution in [3.63, 3.8) is 0 Å². The van der Waals surface area contributed by atoms with Crippen LogP contribution >= 0.6 is 0 Å². The molecule has 4 heterocycles. The fourth-order valence-corrected chi connectivity index (χ4v) is 2.64. The lowest BCUT2D eigenvalue weighted by Gasteiger charge is -2.10. The normalized spacial score (nSPS) is 12.3. The average molecular weight is 410 g/mol. The van der Waals surface area contributed by atoms with Crippen LogP contribution in [-0.4, -0.2) is 37.1 Å². The zero-order chi connectivity index (χ0) is 21.1. The second-order valence-electron chi connectivity index (χ2n) is 6.56. The Hall–Kier alpha value is -3.82. The van der Waals surface area contributed by atoms with Crippen LogP contribution in [0.25, 0.3) is 28.0 Å². The third kappa shape index (κ3) is 4.12. The molecule has 0 N–H and O–H groups in total. The van der Waals surface area contributed by atoms with Crippen LogP contribution in [0.1, 0.15) is 31.5 Å². The summed E-state index contributed by atoms with van der Waals surface area (Å²) in [7, 11) is 0. The maximum Gasteiger partial charge on any atom is 0.265 e. The fraction of sp³-hybridized carbons (Fsp3) is 0.200. The van der Waals surface area contributed by atoms with Crippen LogP contribution in [0.3, 0.4) is 0 Å². The molecule has 30 heavy (non-hydrogen) atoms. The lowest BCUT2D eigenvalue weighted by Crippen LogP contribution is -2.04. The number of alkyl halides is 2. The molecule has 4 rings (SSSR count). The molecule has 0 fully saturated rings. The van der Waals surface area contributed by atoms with Crippen molar-refractivity contribution in [1.82, 2.24) is 30.5 Å². The lowest BCUT2D eigenvalue weighted by atomic mass is 10.1. The van der Waals surface area contributed by atoms with Crippen molar-refractivity contribution < 1.29 is 18.1 Å². The van der Waals surface area contributed by atoms with E-state index in [0.717, 1.165) is 16.7 Å². The van der Waals surface area contributed by atoms with E-state index in [9.17, 15) is 8.78 Å². The summed E-state index contributed by atoms with van der Waals surface area (Å²) in [5, 5.41) is 15.6. The minimum absolute atomic E-state index is 0.106. The van der Waals surface area contributed by atoms with Crippen LogP contribution in [0.2, 0.25) is 0 Å². The van der Waals surface area contributed by atoms with E-state index in [-0.39, 0.29) is 12.2 Å². The molecule has 8 nitrogen and oxygen atoms in total. The molecule has 4 aromatic heterocycles. The first-order valence-corrected chi connectivity index (χ1v) is 8.97. The Balaban J connectivity index is 1.43. The highest BCUT2D eigenvalue weighted by atomic mass is 19.3. The minimum Gasteiger partial charge on any atom is -0.472 e. The molecular formula is C20H16F2N6O2. The number of pyridine rings is 2. The molecule has 152 valence electrons. The zero-order valence-corrected chi connectivity index (χ0v) is 16.1. The average Bonchev–Trinajstić information content (AvgIpc) is 3.25. The summed E-state index contributed by atoms with van der Waals surface area (Å²) in [6.07, 6.45) is 0.259. The number of ether oxygens (including phenoxy) is 1. The van der Waals surface area contributed by atoms with Crippen LogP contribution in [0.4, 0.5) is 8.78 Å². The van der Waals surface area contributed by atoms with Gasteiger partial charge in [-0.2, -0.15) is 0 Å². The van der Waals surface area contributed by atoms with Gasteiger partial charge in [0.1, 0.15) is 6.61 Å². The summed E-state index contributed by atoms with van der Waals surface area (Å²) in [5.74, 6) is 0.351. The van der Waals surface area contributed by atoms with E-state index in [1.165, 1.54) is 12.3 Å². The number of rotatable bonds is 6. The summed E-state index contributed by atoms with van der Waals surface area (Å²) < 4.78 is 35.6. The topological polar surface area (TPSA) is 99.7 Å². The van der Waals surface area contributed by atoms with Gasteiger partial charge in [0.25, 0.3) is 6.43 Å². The predicted molar refractivity (Wildman–Crippen MR) is 104 cm³/mol. The summed E-state index contributed by atoms with van der Waals surface area (Å²) in [5.41, 5.74) is 4.53. The van der Waals surface area contributed by atoms with Crippen LogP contribution in [-0.2, 0) is 0 Å². The van der Waals surface area contributed by atoms with E-state index in [1.807, 2.05) is 13.8 Å². The third-order valence-corrected chi connectivity index (χ3v) is 4.55. The predicted octanol–water partition coefficient (Wildman–Crippen LogP) is 4.28. The maximum absolute atomic E-state index is 12.7. The molecule has 10 heteroatoms. The van der Waals surface area contributed by atoms with Gasteiger partial charge in [-0.3, -0.25) is 4.98 Å². The van der Waals surface area contributed by atoms with E-state index >= 15 is 0 Å². The third-order valence-electron chi connectivity index (χ3n) is 4.55. The van der Waals surface area contributed by atoms with E-state index in [1.54, 1.807) is 30.5 Å². The van der Waals surface area contributed by atoms with Gasteiger partial charge in [-0.25, -0.2) is 18.4 Å². The van der Waals surface area contributed by atoms with Crippen molar-refractivity contribution in [3.05, 3.63) is 59.6 Å². The number of hydrogen-bond acceptors (Lipinski definition) is 8. The SMILES string of the molecule is C/C(COc1ccc(-c2cnc3nonc3c2)nn1)=C(\C)c1ccc(C(F)F)cn1. The molecule has 0 aliphatic rings. The molecule has 0 saturated heterocycles. The molecule has 4 aromatic rings. The molecule has 0 spiro atoms. The summed E-state index contributed by atoms with van der Waals surface area (Å²) in [6, 6.07) is 8.16. The highest BCUT2D eigenvalue weighted by Crippen LogP contribution is 2.23. The first-order chi connectivity index (χ1) is 14.5. The minimum atomic E-state index is -2.54. The van der Waals surface area contributed by atoms with Gasteiger partial charge >= 0.3 is 0 Å². The first-order valence-electron chi connectivity index (χ1n) is 8.97. The van der Waals surface area contributed by atoms with Gasteiger partial charge in [-0.15, -0.1) is 10.2 Å². The van der Waals surface area contributed by atoms with Crippen LogP contribution < -0.4 is 4.74 Å². The molecule has 0 atom stereocenters. The maximum atomic E-state index is 12.7. The molecular weight excluding hydrogens is 394 g/mol. The molecule has 0 aliphatic carbocycles.